The monoisotopic (exact) mass is 351 g/mol. The Balaban J connectivity index is 1.94. The number of amides is 1. The maximum absolute atomic E-state index is 12.2. The summed E-state index contributed by atoms with van der Waals surface area (Å²) < 4.78 is 5.45. The Morgan fingerprint density at radius 2 is 2.27 bits per heavy atom. The number of rotatable bonds is 3. The van der Waals surface area contributed by atoms with Crippen LogP contribution < -0.4 is 27.4 Å². The Bertz CT molecular complexity index is 1220. The first-order valence-electron chi connectivity index (χ1n) is 7.22. The van der Waals surface area contributed by atoms with E-state index in [1.807, 2.05) is 0 Å². The van der Waals surface area contributed by atoms with Crippen LogP contribution in [0.3, 0.4) is 0 Å². The number of carbonyl (C=O) groups is 1. The number of amidine groups is 2. The van der Waals surface area contributed by atoms with Crippen LogP contribution in [0.15, 0.2) is 47.9 Å². The first-order valence-corrected chi connectivity index (χ1v) is 7.22. The second kappa shape index (κ2) is 5.67. The minimum atomic E-state index is -1.01. The quantitative estimate of drug-likeness (QED) is 0.348. The summed E-state index contributed by atoms with van der Waals surface area (Å²) in [5, 5.41) is 25.7. The highest BCUT2D eigenvalue weighted by Gasteiger charge is 2.37. The number of H-pyrrole nitrogens is 2. The molecule has 0 saturated heterocycles. The molecule has 2 aliphatic rings. The molecule has 12 nitrogen and oxygen atoms in total. The van der Waals surface area contributed by atoms with Gasteiger partial charge in [-0.15, -0.1) is 10.2 Å². The summed E-state index contributed by atoms with van der Waals surface area (Å²) in [6, 6.07) is 4.90. The lowest BCUT2D eigenvalue weighted by atomic mass is 9.92. The van der Waals surface area contributed by atoms with E-state index in [0.29, 0.717) is 22.7 Å². The van der Waals surface area contributed by atoms with Gasteiger partial charge < -0.3 is 10.2 Å². The molecule has 0 spiro atoms. The van der Waals surface area contributed by atoms with E-state index in [1.54, 1.807) is 18.2 Å². The van der Waals surface area contributed by atoms with Gasteiger partial charge in [0, 0.05) is 5.57 Å². The molecule has 128 valence electrons. The Morgan fingerprint density at radius 1 is 1.42 bits per heavy atom. The predicted octanol–water partition coefficient (Wildman–Crippen LogP) is -2.58. The van der Waals surface area contributed by atoms with Gasteiger partial charge in [-0.25, -0.2) is 4.99 Å². The molecule has 0 radical (unpaired) electrons. The molecule has 0 aliphatic carbocycles. The van der Waals surface area contributed by atoms with E-state index in [9.17, 15) is 9.59 Å². The van der Waals surface area contributed by atoms with Crippen LogP contribution in [0.5, 0.6) is 0 Å². The number of carbonyl (C=O) groups excluding carboxylic acids is 1. The van der Waals surface area contributed by atoms with Crippen molar-refractivity contribution in [3.63, 3.8) is 0 Å². The van der Waals surface area contributed by atoms with Crippen molar-refractivity contribution in [1.29, 1.82) is 5.26 Å². The van der Waals surface area contributed by atoms with Gasteiger partial charge in [-0.05, 0) is 12.1 Å². The number of fused-ring (bicyclic) bond motifs is 2. The topological polar surface area (TPSA) is 190 Å². The van der Waals surface area contributed by atoms with Crippen LogP contribution in [-0.4, -0.2) is 33.5 Å². The third-order valence-corrected chi connectivity index (χ3v) is 3.74. The second-order valence-corrected chi connectivity index (χ2v) is 5.23. The van der Waals surface area contributed by atoms with E-state index in [0.717, 1.165) is 0 Å². The third kappa shape index (κ3) is 2.23. The summed E-state index contributed by atoms with van der Waals surface area (Å²) in [6.45, 7) is 0. The number of aromatic nitrogens is 2. The van der Waals surface area contributed by atoms with Gasteiger partial charge in [-0.3, -0.25) is 25.2 Å². The van der Waals surface area contributed by atoms with E-state index in [2.05, 4.69) is 35.9 Å². The van der Waals surface area contributed by atoms with E-state index in [1.165, 1.54) is 6.26 Å². The number of nitrogens with two attached hydrogens (primary N) is 1. The van der Waals surface area contributed by atoms with E-state index < -0.39 is 17.5 Å². The fourth-order valence-electron chi connectivity index (χ4n) is 2.67. The molecule has 2 aromatic heterocycles. The van der Waals surface area contributed by atoms with Crippen LogP contribution in [0, 0.1) is 17.2 Å². The fraction of sp³-hybridized carbons (Fsp3) is 0.0714. The van der Waals surface area contributed by atoms with Gasteiger partial charge in [0.1, 0.15) is 17.7 Å². The number of hydrogen-bond acceptors (Lipinski definition) is 8. The molecule has 1 amide bonds. The van der Waals surface area contributed by atoms with Gasteiger partial charge in [0.15, 0.2) is 17.2 Å². The summed E-state index contributed by atoms with van der Waals surface area (Å²) in [6.07, 6.45) is 1.46. The SMILES string of the molecule is N#C/C(=N\N=C1/NN=C2N=c3[nH][nH]c(=O)c3=C(c3ccco3)C21)C(N)=O. The minimum Gasteiger partial charge on any atom is -0.465 e. The average molecular weight is 351 g/mol. The summed E-state index contributed by atoms with van der Waals surface area (Å²) >= 11 is 0. The van der Waals surface area contributed by atoms with E-state index in [-0.39, 0.29) is 16.6 Å². The van der Waals surface area contributed by atoms with Crippen molar-refractivity contribution >= 4 is 28.9 Å². The third-order valence-electron chi connectivity index (χ3n) is 3.74. The molecule has 26 heavy (non-hydrogen) atoms. The van der Waals surface area contributed by atoms with Crippen molar-refractivity contribution in [2.24, 2.45) is 31.9 Å². The number of nitrogens with zero attached hydrogens (tertiary/aromatic N) is 5. The van der Waals surface area contributed by atoms with Crippen molar-refractivity contribution < 1.29 is 9.21 Å². The van der Waals surface area contributed by atoms with Crippen molar-refractivity contribution in [3.8, 4) is 6.07 Å². The molecule has 0 fully saturated rings. The Kier molecular flexibility index (Phi) is 3.33. The maximum atomic E-state index is 12.2. The van der Waals surface area contributed by atoms with Crippen LogP contribution in [0.25, 0.3) is 5.57 Å². The first kappa shape index (κ1) is 15.3. The van der Waals surface area contributed by atoms with Crippen LogP contribution in [0.2, 0.25) is 0 Å². The predicted molar refractivity (Wildman–Crippen MR) is 87.2 cm³/mol. The summed E-state index contributed by atoms with van der Waals surface area (Å²) in [5.41, 5.74) is 7.49. The molecule has 4 heterocycles. The zero-order valence-electron chi connectivity index (χ0n) is 12.8. The van der Waals surface area contributed by atoms with Crippen LogP contribution in [0.1, 0.15) is 5.76 Å². The van der Waals surface area contributed by atoms with Gasteiger partial charge in [-0.1, -0.05) is 0 Å². The van der Waals surface area contributed by atoms with Crippen molar-refractivity contribution in [2.75, 3.05) is 0 Å². The normalized spacial score (nSPS) is 19.9. The van der Waals surface area contributed by atoms with Gasteiger partial charge in [0.2, 0.25) is 5.71 Å². The number of hydrazone groups is 1. The lowest BCUT2D eigenvalue weighted by Gasteiger charge is -2.14. The molecule has 2 aliphatic heterocycles. The van der Waals surface area contributed by atoms with Gasteiger partial charge in [-0.2, -0.15) is 10.4 Å². The van der Waals surface area contributed by atoms with Crippen LogP contribution >= 0.6 is 0 Å². The smallest absolute Gasteiger partial charge is 0.280 e. The molecule has 12 heteroatoms. The molecule has 2 aromatic rings. The molecule has 0 saturated carbocycles. The van der Waals surface area contributed by atoms with E-state index in [4.69, 9.17) is 15.4 Å². The largest absolute Gasteiger partial charge is 0.465 e. The Morgan fingerprint density at radius 3 is 2.96 bits per heavy atom. The van der Waals surface area contributed by atoms with Crippen molar-refractivity contribution in [3.05, 3.63) is 45.2 Å². The molecule has 0 aromatic carbocycles. The van der Waals surface area contributed by atoms with E-state index >= 15 is 0 Å². The lowest BCUT2D eigenvalue weighted by Crippen LogP contribution is -2.44. The number of nitriles is 1. The standard InChI is InChI=1S/C14H9N9O3/c15-4-5(10(16)24)18-21-13-8-7(6-2-1-3-26-6)9-12(20-23-14(9)25)17-11(8)19-22-13/h1-3,8H,(H2,16,24)(H,21,22)(H,23,25)(H,17,19,20)/b18-5+. The summed E-state index contributed by atoms with van der Waals surface area (Å²) in [5.74, 6) is -0.813. The number of hydrogen-bond donors (Lipinski definition) is 4. The van der Waals surface area contributed by atoms with Crippen molar-refractivity contribution in [1.82, 2.24) is 15.6 Å². The first-order chi connectivity index (χ1) is 12.6. The van der Waals surface area contributed by atoms with Crippen LogP contribution in [-0.2, 0) is 4.79 Å². The molecule has 5 N–H and O–H groups in total. The lowest BCUT2D eigenvalue weighted by molar-refractivity contribution is -0.111. The Hall–Kier alpha value is -4.27. The summed E-state index contributed by atoms with van der Waals surface area (Å²) in [7, 11) is 0. The maximum Gasteiger partial charge on any atom is 0.280 e. The average Bonchev–Trinajstić information content (AvgIpc) is 3.35. The molecule has 1 atom stereocenters. The number of nitrogens with one attached hydrogen (secondary N) is 3. The number of aromatic amines is 2. The highest BCUT2D eigenvalue weighted by molar-refractivity contribution is 6.44. The van der Waals surface area contributed by atoms with Gasteiger partial charge >= 0.3 is 0 Å². The molecular formula is C14H9N9O3. The summed E-state index contributed by atoms with van der Waals surface area (Å²) in [4.78, 5) is 27.6. The Labute approximate surface area is 143 Å². The highest BCUT2D eigenvalue weighted by Crippen LogP contribution is 2.27. The number of primary amides is 1. The molecule has 1 unspecified atom stereocenters. The van der Waals surface area contributed by atoms with Gasteiger partial charge in [0.05, 0.1) is 11.5 Å². The van der Waals surface area contributed by atoms with Crippen molar-refractivity contribution in [2.45, 2.75) is 0 Å². The van der Waals surface area contributed by atoms with Gasteiger partial charge in [0.25, 0.3) is 11.5 Å². The number of furan rings is 1. The fourth-order valence-corrected chi connectivity index (χ4v) is 2.67. The molecular weight excluding hydrogens is 342 g/mol. The van der Waals surface area contributed by atoms with Crippen LogP contribution in [0.4, 0.5) is 0 Å². The zero-order valence-corrected chi connectivity index (χ0v) is 12.8. The minimum absolute atomic E-state index is 0.162. The molecule has 0 bridgehead atoms. The highest BCUT2D eigenvalue weighted by atomic mass is 16.3. The second-order valence-electron chi connectivity index (χ2n) is 5.23. The molecule has 4 rings (SSSR count). The zero-order chi connectivity index (χ0) is 18.3.